The van der Waals surface area contributed by atoms with Gasteiger partial charge >= 0.3 is 6.18 Å². The third-order valence-electron chi connectivity index (χ3n) is 4.93. The fraction of sp³-hybridized carbons (Fsp3) is 0.412. The Kier molecular flexibility index (Phi) is 4.50. The van der Waals surface area contributed by atoms with Gasteiger partial charge in [0, 0.05) is 12.5 Å². The zero-order valence-corrected chi connectivity index (χ0v) is 14.7. The Morgan fingerprint density at radius 3 is 2.69 bits per heavy atom. The van der Waals surface area contributed by atoms with E-state index in [0.29, 0.717) is 10.7 Å². The van der Waals surface area contributed by atoms with Crippen molar-refractivity contribution in [1.82, 2.24) is 20.1 Å². The number of anilines is 1. The molecule has 2 aliphatic heterocycles. The van der Waals surface area contributed by atoms with Crippen LogP contribution in [0, 0.1) is 11.6 Å². The molecule has 1 aromatic carbocycles. The number of aromatic nitrogens is 3. The van der Waals surface area contributed by atoms with Gasteiger partial charge in [-0.1, -0.05) is 0 Å². The second-order valence-electron chi connectivity index (χ2n) is 6.87. The molecule has 2 aliphatic rings. The van der Waals surface area contributed by atoms with Gasteiger partial charge in [-0.25, -0.2) is 18.4 Å². The number of halogens is 5. The molecule has 29 heavy (non-hydrogen) atoms. The number of nitrogens with one attached hydrogen (secondary N) is 2. The van der Waals surface area contributed by atoms with Gasteiger partial charge in [0.15, 0.2) is 0 Å². The topological polar surface area (TPSA) is 88.9 Å². The van der Waals surface area contributed by atoms with Crippen molar-refractivity contribution < 1.29 is 31.5 Å². The monoisotopic (exact) mass is 415 g/mol. The molecule has 2 N–H and O–H groups in total. The van der Waals surface area contributed by atoms with Gasteiger partial charge < -0.3 is 10.6 Å². The molecule has 0 bridgehead atoms. The fourth-order valence-electron chi connectivity index (χ4n) is 3.53. The average molecular weight is 415 g/mol. The minimum atomic E-state index is -4.51. The highest BCUT2D eigenvalue weighted by Crippen LogP contribution is 2.38. The van der Waals surface area contributed by atoms with E-state index in [9.17, 15) is 31.5 Å². The highest BCUT2D eigenvalue weighted by Gasteiger charge is 2.46. The molecule has 0 spiro atoms. The molecule has 3 heterocycles. The number of nitrogens with zero attached hydrogens (tertiary/aromatic N) is 3. The van der Waals surface area contributed by atoms with Gasteiger partial charge in [-0.3, -0.25) is 9.59 Å². The van der Waals surface area contributed by atoms with Crippen LogP contribution in [0.2, 0.25) is 0 Å². The summed E-state index contributed by atoms with van der Waals surface area (Å²) in [7, 11) is 0. The smallest absolute Gasteiger partial charge is 0.337 e. The summed E-state index contributed by atoms with van der Waals surface area (Å²) in [6.07, 6.45) is -4.57. The van der Waals surface area contributed by atoms with Crippen molar-refractivity contribution in [3.63, 3.8) is 0 Å². The molecule has 0 saturated heterocycles. The van der Waals surface area contributed by atoms with Crippen LogP contribution in [-0.4, -0.2) is 38.8 Å². The van der Waals surface area contributed by atoms with Gasteiger partial charge in [-0.05, 0) is 30.9 Å². The maximum atomic E-state index is 13.9. The molecule has 0 saturated carbocycles. The SMILES string of the molecule is O=C(N[C@H]1CCc2cc(F)cc(F)c2NC1=O)c1nc2n(n1)[C@H](C(F)(F)F)CC2. The van der Waals surface area contributed by atoms with E-state index < -0.39 is 47.5 Å². The number of amides is 2. The van der Waals surface area contributed by atoms with Gasteiger partial charge in [0.2, 0.25) is 11.7 Å². The summed E-state index contributed by atoms with van der Waals surface area (Å²) < 4.78 is 67.0. The number of rotatable bonds is 2. The molecule has 2 atom stereocenters. The molecule has 4 rings (SSSR count). The van der Waals surface area contributed by atoms with Crippen LogP contribution in [0.25, 0.3) is 0 Å². The van der Waals surface area contributed by atoms with Crippen LogP contribution in [0.15, 0.2) is 12.1 Å². The number of benzene rings is 1. The van der Waals surface area contributed by atoms with Crippen molar-refractivity contribution in [2.45, 2.75) is 43.9 Å². The number of carbonyl (C=O) groups is 2. The van der Waals surface area contributed by atoms with Crippen LogP contribution in [0.5, 0.6) is 0 Å². The number of hydrogen-bond acceptors (Lipinski definition) is 4. The quantitative estimate of drug-likeness (QED) is 0.737. The lowest BCUT2D eigenvalue weighted by Crippen LogP contribution is -2.43. The summed E-state index contributed by atoms with van der Waals surface area (Å²) in [5, 5.41) is 8.30. The van der Waals surface area contributed by atoms with Gasteiger partial charge in [-0.2, -0.15) is 13.2 Å². The van der Waals surface area contributed by atoms with E-state index in [4.69, 9.17) is 0 Å². The molecule has 1 aromatic heterocycles. The van der Waals surface area contributed by atoms with E-state index in [1.807, 2.05) is 0 Å². The lowest BCUT2D eigenvalue weighted by Gasteiger charge is -2.15. The lowest BCUT2D eigenvalue weighted by molar-refractivity contribution is -0.168. The predicted molar refractivity (Wildman–Crippen MR) is 88.0 cm³/mol. The summed E-state index contributed by atoms with van der Waals surface area (Å²) in [4.78, 5) is 28.5. The van der Waals surface area contributed by atoms with E-state index in [2.05, 4.69) is 20.7 Å². The van der Waals surface area contributed by atoms with Crippen LogP contribution in [0.1, 0.15) is 40.9 Å². The minimum absolute atomic E-state index is 0.0223. The van der Waals surface area contributed by atoms with Gasteiger partial charge in [0.1, 0.15) is 29.5 Å². The third-order valence-corrected chi connectivity index (χ3v) is 4.93. The number of fused-ring (bicyclic) bond motifs is 2. The number of aryl methyl sites for hydroxylation is 2. The molecule has 0 aliphatic carbocycles. The van der Waals surface area contributed by atoms with Crippen molar-refractivity contribution >= 4 is 17.5 Å². The van der Waals surface area contributed by atoms with Crippen LogP contribution in [-0.2, 0) is 17.6 Å². The van der Waals surface area contributed by atoms with E-state index in [1.165, 1.54) is 0 Å². The summed E-state index contributed by atoms with van der Waals surface area (Å²) in [5.74, 6) is -3.85. The number of alkyl halides is 3. The molecule has 0 fully saturated rings. The molecule has 0 radical (unpaired) electrons. The molecular weight excluding hydrogens is 401 g/mol. The molecule has 154 valence electrons. The first-order valence-electron chi connectivity index (χ1n) is 8.75. The van der Waals surface area contributed by atoms with E-state index in [0.717, 1.165) is 6.07 Å². The Morgan fingerprint density at radius 1 is 1.21 bits per heavy atom. The fourth-order valence-corrected chi connectivity index (χ4v) is 3.53. The van der Waals surface area contributed by atoms with Crippen LogP contribution >= 0.6 is 0 Å². The maximum Gasteiger partial charge on any atom is 0.410 e. The Labute approximate surface area is 160 Å². The van der Waals surface area contributed by atoms with E-state index in [1.54, 1.807) is 0 Å². The van der Waals surface area contributed by atoms with Crippen LogP contribution in [0.4, 0.5) is 27.6 Å². The van der Waals surface area contributed by atoms with Crippen LogP contribution in [0.3, 0.4) is 0 Å². The van der Waals surface area contributed by atoms with Crippen molar-refractivity contribution in [2.75, 3.05) is 5.32 Å². The second-order valence-corrected chi connectivity index (χ2v) is 6.87. The Hall–Kier alpha value is -3.05. The molecular formula is C17H14F5N5O2. The number of carbonyl (C=O) groups excluding carboxylic acids is 2. The maximum absolute atomic E-state index is 13.9. The van der Waals surface area contributed by atoms with Crippen molar-refractivity contribution in [2.24, 2.45) is 0 Å². The summed E-state index contributed by atoms with van der Waals surface area (Å²) in [6.45, 7) is 0. The standard InChI is InChI=1S/C17H14F5N5O2/c18-8-5-7-1-2-10(15(28)25-13(7)9(19)6-8)23-16(29)14-24-12-4-3-11(17(20,21)22)27(12)26-14/h5-6,10-11H,1-4H2,(H,23,29)(H,25,28)/t10-,11-/m0/s1. The highest BCUT2D eigenvalue weighted by atomic mass is 19.4. The number of hydrogen-bond donors (Lipinski definition) is 2. The first kappa shape index (κ1) is 19.3. The Morgan fingerprint density at radius 2 is 1.97 bits per heavy atom. The average Bonchev–Trinajstić information content (AvgIpc) is 3.16. The van der Waals surface area contributed by atoms with Crippen molar-refractivity contribution in [3.05, 3.63) is 41.0 Å². The zero-order valence-electron chi connectivity index (χ0n) is 14.7. The summed E-state index contributed by atoms with van der Waals surface area (Å²) in [6, 6.07) is -1.25. The summed E-state index contributed by atoms with van der Waals surface area (Å²) >= 11 is 0. The third kappa shape index (κ3) is 3.54. The summed E-state index contributed by atoms with van der Waals surface area (Å²) in [5.41, 5.74) is 0.0694. The van der Waals surface area contributed by atoms with Crippen molar-refractivity contribution in [3.8, 4) is 0 Å². The first-order chi connectivity index (χ1) is 13.6. The Bertz CT molecular complexity index is 1000. The largest absolute Gasteiger partial charge is 0.410 e. The lowest BCUT2D eigenvalue weighted by atomic mass is 10.1. The highest BCUT2D eigenvalue weighted by molar-refractivity contribution is 6.00. The first-order valence-corrected chi connectivity index (χ1v) is 8.75. The zero-order chi connectivity index (χ0) is 20.9. The predicted octanol–water partition coefficient (Wildman–Crippen LogP) is 2.29. The van der Waals surface area contributed by atoms with E-state index in [-0.39, 0.29) is 42.8 Å². The Balaban J connectivity index is 1.50. The normalized spacial score (nSPS) is 21.2. The molecule has 0 unspecified atom stereocenters. The van der Waals surface area contributed by atoms with Gasteiger partial charge in [-0.15, -0.1) is 5.10 Å². The molecule has 2 aromatic rings. The van der Waals surface area contributed by atoms with Crippen LogP contribution < -0.4 is 10.6 Å². The molecule has 12 heteroatoms. The van der Waals surface area contributed by atoms with Gasteiger partial charge in [0.05, 0.1) is 5.69 Å². The minimum Gasteiger partial charge on any atom is -0.337 e. The van der Waals surface area contributed by atoms with E-state index >= 15 is 0 Å². The van der Waals surface area contributed by atoms with Crippen molar-refractivity contribution in [1.29, 1.82) is 0 Å². The molecule has 2 amide bonds. The molecule has 7 nitrogen and oxygen atoms in total. The van der Waals surface area contributed by atoms with Gasteiger partial charge in [0.25, 0.3) is 5.91 Å². The second kappa shape index (κ2) is 6.78.